The number of nitrogens with zero attached hydrogens (tertiary/aromatic N) is 2. The van der Waals surface area contributed by atoms with Gasteiger partial charge < -0.3 is 0 Å². The molecule has 0 spiro atoms. The molecule has 35 heavy (non-hydrogen) atoms. The van der Waals surface area contributed by atoms with Gasteiger partial charge in [0.25, 0.3) is 0 Å². The van der Waals surface area contributed by atoms with Crippen LogP contribution in [0.5, 0.6) is 0 Å². The monoisotopic (exact) mass is 486 g/mol. The van der Waals surface area contributed by atoms with Crippen LogP contribution in [-0.2, 0) is 0 Å². The summed E-state index contributed by atoms with van der Waals surface area (Å²) in [6, 6.07) is 3.52. The van der Waals surface area contributed by atoms with Crippen LogP contribution < -0.4 is 0 Å². The Balaban J connectivity index is 1.42. The van der Waals surface area contributed by atoms with Crippen LogP contribution in [0, 0.1) is 17.8 Å². The molecular weight excluding hydrogens is 424 g/mol. The molecule has 4 rings (SSSR count). The van der Waals surface area contributed by atoms with Crippen molar-refractivity contribution in [2.24, 2.45) is 17.8 Å². The van der Waals surface area contributed by atoms with Gasteiger partial charge in [0, 0.05) is 24.2 Å². The fourth-order valence-corrected chi connectivity index (χ4v) is 8.40. The van der Waals surface area contributed by atoms with Crippen molar-refractivity contribution in [3.8, 4) is 0 Å². The Hall–Kier alpha value is -0.0800. The van der Waals surface area contributed by atoms with Gasteiger partial charge in [-0.1, -0.05) is 90.9 Å². The summed E-state index contributed by atoms with van der Waals surface area (Å²) in [6.07, 6.45) is 31.0. The van der Waals surface area contributed by atoms with E-state index in [1.54, 1.807) is 0 Å². The lowest BCUT2D eigenvalue weighted by molar-refractivity contribution is -0.0364. The first kappa shape index (κ1) is 27.9. The minimum Gasteiger partial charge on any atom is -0.297 e. The Labute approximate surface area is 220 Å². The van der Waals surface area contributed by atoms with Crippen molar-refractivity contribution >= 4 is 0 Å². The predicted molar refractivity (Wildman–Crippen MR) is 153 cm³/mol. The third-order valence-corrected chi connectivity index (χ3v) is 11.1. The van der Waals surface area contributed by atoms with Crippen molar-refractivity contribution in [1.29, 1.82) is 0 Å². The molecule has 2 atom stereocenters. The van der Waals surface area contributed by atoms with Gasteiger partial charge in [0.1, 0.15) is 0 Å². The lowest BCUT2D eigenvalue weighted by atomic mass is 9.68. The van der Waals surface area contributed by atoms with E-state index in [0.29, 0.717) is 0 Å². The highest BCUT2D eigenvalue weighted by molar-refractivity contribution is 4.99. The normalized spacial score (nSPS) is 28.4. The molecule has 0 radical (unpaired) electrons. The molecule has 0 bridgehead atoms. The average molecular weight is 487 g/mol. The highest BCUT2D eigenvalue weighted by atomic mass is 15.2. The smallest absolute Gasteiger partial charge is 0.0130 e. The van der Waals surface area contributed by atoms with E-state index in [-0.39, 0.29) is 0 Å². The predicted octanol–water partition coefficient (Wildman–Crippen LogP) is 9.22. The number of rotatable bonds is 16. The second kappa shape index (κ2) is 14.8. The van der Waals surface area contributed by atoms with Crippen LogP contribution >= 0.6 is 0 Å². The number of hydrogen-bond acceptors (Lipinski definition) is 2. The standard InChI is InChI=1S/C33H62N2/c1-4-6-8-14-23-34(27(3)29-18-12-13-19-29)33(24-28-16-15-17-28)30-25-32(26-30)35(22-7-5-2)31-20-10-9-11-21-31/h27-33H,4-26H2,1-3H3. The molecule has 204 valence electrons. The largest absolute Gasteiger partial charge is 0.297 e. The first-order valence-electron chi connectivity index (χ1n) is 16.7. The zero-order chi connectivity index (χ0) is 24.5. The lowest BCUT2D eigenvalue weighted by Crippen LogP contribution is -2.58. The summed E-state index contributed by atoms with van der Waals surface area (Å²) in [4.78, 5) is 6.19. The molecule has 0 heterocycles. The molecule has 4 aliphatic carbocycles. The Bertz CT molecular complexity index is 553. The summed E-state index contributed by atoms with van der Waals surface area (Å²) < 4.78 is 0. The summed E-state index contributed by atoms with van der Waals surface area (Å²) >= 11 is 0. The van der Waals surface area contributed by atoms with Gasteiger partial charge in [-0.05, 0) is 95.6 Å². The zero-order valence-corrected chi connectivity index (χ0v) is 24.2. The molecular formula is C33H62N2. The summed E-state index contributed by atoms with van der Waals surface area (Å²) in [6.45, 7) is 10.2. The van der Waals surface area contributed by atoms with Gasteiger partial charge >= 0.3 is 0 Å². The van der Waals surface area contributed by atoms with Crippen LogP contribution in [0.15, 0.2) is 0 Å². The summed E-state index contributed by atoms with van der Waals surface area (Å²) in [5, 5.41) is 0. The Morgan fingerprint density at radius 3 is 1.94 bits per heavy atom. The fraction of sp³-hybridized carbons (Fsp3) is 1.00. The maximum Gasteiger partial charge on any atom is 0.0130 e. The minimum atomic E-state index is 0.817. The molecule has 4 saturated carbocycles. The SMILES string of the molecule is CCCCCCN(C(C)C1CCCC1)C(CC1CCC1)C1CC(N(CCCC)C2CCCCC2)C1. The van der Waals surface area contributed by atoms with Crippen LogP contribution in [0.2, 0.25) is 0 Å². The summed E-state index contributed by atoms with van der Waals surface area (Å²) in [5.41, 5.74) is 0. The van der Waals surface area contributed by atoms with Gasteiger partial charge in [0.2, 0.25) is 0 Å². The molecule has 4 aliphatic rings. The zero-order valence-electron chi connectivity index (χ0n) is 24.2. The first-order valence-corrected chi connectivity index (χ1v) is 16.7. The van der Waals surface area contributed by atoms with Crippen LogP contribution in [-0.4, -0.2) is 47.1 Å². The molecule has 0 aromatic heterocycles. The molecule has 0 saturated heterocycles. The van der Waals surface area contributed by atoms with Crippen LogP contribution in [0.1, 0.15) is 156 Å². The second-order valence-electron chi connectivity index (χ2n) is 13.5. The van der Waals surface area contributed by atoms with E-state index in [1.807, 2.05) is 0 Å². The van der Waals surface area contributed by atoms with Crippen molar-refractivity contribution < 1.29 is 0 Å². The van der Waals surface area contributed by atoms with E-state index in [1.165, 1.54) is 148 Å². The minimum absolute atomic E-state index is 0.817. The van der Waals surface area contributed by atoms with Crippen LogP contribution in [0.25, 0.3) is 0 Å². The van der Waals surface area contributed by atoms with Gasteiger partial charge in [-0.25, -0.2) is 0 Å². The molecule has 2 nitrogen and oxygen atoms in total. The first-order chi connectivity index (χ1) is 17.2. The summed E-state index contributed by atoms with van der Waals surface area (Å²) in [5.74, 6) is 3.00. The van der Waals surface area contributed by atoms with Gasteiger partial charge in [-0.15, -0.1) is 0 Å². The maximum atomic E-state index is 3.14. The van der Waals surface area contributed by atoms with E-state index < -0.39 is 0 Å². The van der Waals surface area contributed by atoms with E-state index in [9.17, 15) is 0 Å². The van der Waals surface area contributed by atoms with Crippen molar-refractivity contribution in [1.82, 2.24) is 9.80 Å². The van der Waals surface area contributed by atoms with E-state index >= 15 is 0 Å². The maximum absolute atomic E-state index is 3.14. The number of hydrogen-bond donors (Lipinski definition) is 0. The third kappa shape index (κ3) is 7.72. The van der Waals surface area contributed by atoms with Crippen molar-refractivity contribution in [2.45, 2.75) is 180 Å². The topological polar surface area (TPSA) is 6.48 Å². The van der Waals surface area contributed by atoms with Gasteiger partial charge in [-0.2, -0.15) is 0 Å². The van der Waals surface area contributed by atoms with Gasteiger partial charge in [-0.3, -0.25) is 9.80 Å². The van der Waals surface area contributed by atoms with Crippen molar-refractivity contribution in [2.75, 3.05) is 13.1 Å². The summed E-state index contributed by atoms with van der Waals surface area (Å²) in [7, 11) is 0. The van der Waals surface area contributed by atoms with Gasteiger partial charge in [0.05, 0.1) is 0 Å². The van der Waals surface area contributed by atoms with Crippen LogP contribution in [0.4, 0.5) is 0 Å². The molecule has 0 amide bonds. The molecule has 4 fully saturated rings. The Morgan fingerprint density at radius 1 is 0.629 bits per heavy atom. The van der Waals surface area contributed by atoms with E-state index in [4.69, 9.17) is 0 Å². The molecule has 0 aromatic carbocycles. The molecule has 0 N–H and O–H groups in total. The van der Waals surface area contributed by atoms with Crippen molar-refractivity contribution in [3.05, 3.63) is 0 Å². The van der Waals surface area contributed by atoms with E-state index in [0.717, 1.165) is 41.9 Å². The fourth-order valence-electron chi connectivity index (χ4n) is 8.40. The highest BCUT2D eigenvalue weighted by Gasteiger charge is 2.44. The Kier molecular flexibility index (Phi) is 11.8. The third-order valence-electron chi connectivity index (χ3n) is 11.1. The highest BCUT2D eigenvalue weighted by Crippen LogP contribution is 2.45. The molecule has 0 aromatic rings. The second-order valence-corrected chi connectivity index (χ2v) is 13.5. The van der Waals surface area contributed by atoms with Crippen molar-refractivity contribution in [3.63, 3.8) is 0 Å². The molecule has 0 aliphatic heterocycles. The quantitative estimate of drug-likeness (QED) is 0.201. The molecule has 2 unspecified atom stereocenters. The van der Waals surface area contributed by atoms with Gasteiger partial charge in [0.15, 0.2) is 0 Å². The molecule has 2 heteroatoms. The van der Waals surface area contributed by atoms with Crippen LogP contribution in [0.3, 0.4) is 0 Å². The number of unbranched alkanes of at least 4 members (excludes halogenated alkanes) is 4. The Morgan fingerprint density at radius 2 is 1.31 bits per heavy atom. The average Bonchev–Trinajstić information content (AvgIpc) is 3.37. The van der Waals surface area contributed by atoms with E-state index in [2.05, 4.69) is 30.6 Å². The lowest BCUT2D eigenvalue weighted by Gasteiger charge is -2.54.